The van der Waals surface area contributed by atoms with Gasteiger partial charge in [-0.25, -0.2) is 15.3 Å². The zero-order chi connectivity index (χ0) is 28.7. The lowest BCUT2D eigenvalue weighted by Crippen LogP contribution is -2.34. The molecule has 2 rings (SSSR count). The van der Waals surface area contributed by atoms with Gasteiger partial charge in [0.25, 0.3) is 5.56 Å². The molecule has 0 aliphatic carbocycles. The average Bonchev–Trinajstić information content (AvgIpc) is 3.31. The normalized spacial score (nSPS) is 20.3. The Morgan fingerprint density at radius 1 is 1.36 bits per heavy atom. The molecule has 4 atom stereocenters. The van der Waals surface area contributed by atoms with Crippen molar-refractivity contribution in [2.24, 2.45) is 5.90 Å². The van der Waals surface area contributed by atoms with E-state index in [2.05, 4.69) is 36.7 Å². The van der Waals surface area contributed by atoms with E-state index < -0.39 is 57.7 Å². The predicted molar refractivity (Wildman–Crippen MR) is 142 cm³/mol. The SMILES string of the molecule is CNCCSSCCC(=O)NCC#Cc1cn([C@H]2CC(ON)[C@@H](COP(=O)(O)OCOCO)O2)c(=O)[nH]c1=O. The second-order valence-electron chi connectivity index (χ2n) is 7.67. The first kappa shape index (κ1) is 33.5. The van der Waals surface area contributed by atoms with Crippen LogP contribution >= 0.6 is 29.4 Å². The summed E-state index contributed by atoms with van der Waals surface area (Å²) in [6.07, 6.45) is -1.24. The highest BCUT2D eigenvalue weighted by Gasteiger charge is 2.39. The van der Waals surface area contributed by atoms with Gasteiger partial charge in [-0.1, -0.05) is 33.4 Å². The van der Waals surface area contributed by atoms with Gasteiger partial charge in [0.05, 0.1) is 13.2 Å². The van der Waals surface area contributed by atoms with E-state index in [0.717, 1.165) is 16.9 Å². The molecule has 7 N–H and O–H groups in total. The molecule has 2 unspecified atom stereocenters. The van der Waals surface area contributed by atoms with E-state index in [9.17, 15) is 23.8 Å². The lowest BCUT2D eigenvalue weighted by molar-refractivity contribution is -0.120. The Labute approximate surface area is 231 Å². The number of nitrogens with two attached hydrogens (primary N) is 1. The summed E-state index contributed by atoms with van der Waals surface area (Å²) in [6, 6.07) is 0. The minimum absolute atomic E-state index is 0.00399. The third-order valence-corrected chi connectivity index (χ3v) is 8.27. The van der Waals surface area contributed by atoms with E-state index in [4.69, 9.17) is 25.1 Å². The number of phosphoric ester groups is 1. The van der Waals surface area contributed by atoms with Gasteiger partial charge in [-0.3, -0.25) is 33.0 Å². The van der Waals surface area contributed by atoms with Crippen LogP contribution in [0.4, 0.5) is 0 Å². The number of aromatic amines is 1. The summed E-state index contributed by atoms with van der Waals surface area (Å²) in [5.74, 6) is 12.0. The van der Waals surface area contributed by atoms with Gasteiger partial charge < -0.3 is 30.1 Å². The highest BCUT2D eigenvalue weighted by Crippen LogP contribution is 2.44. The number of phosphoric acid groups is 1. The maximum Gasteiger partial charge on any atom is 0.474 e. The Morgan fingerprint density at radius 3 is 2.85 bits per heavy atom. The molecule has 0 radical (unpaired) electrons. The molecule has 0 saturated carbocycles. The number of nitrogens with zero attached hydrogens (tertiary/aromatic N) is 1. The fraction of sp³-hybridized carbons (Fsp3) is 0.650. The van der Waals surface area contributed by atoms with Gasteiger partial charge in [-0.05, 0) is 7.05 Å². The van der Waals surface area contributed by atoms with E-state index in [-0.39, 0.29) is 24.4 Å². The predicted octanol–water partition coefficient (Wildman–Crippen LogP) is -1.40. The Balaban J connectivity index is 1.94. The number of carbonyl (C=O) groups is 1. The highest BCUT2D eigenvalue weighted by atomic mass is 33.1. The molecule has 1 amide bonds. The zero-order valence-corrected chi connectivity index (χ0v) is 23.6. The molecule has 0 spiro atoms. The van der Waals surface area contributed by atoms with Crippen molar-refractivity contribution >= 4 is 35.3 Å². The second-order valence-corrected chi connectivity index (χ2v) is 11.8. The standard InChI is InChI=1S/C20H32N5O11PS2/c1-22-6-8-39-38-7-4-17(27)23-5-2-3-14-10-25(20(29)24-19(14)28)18-9-15(36-21)16(35-18)11-33-37(30,31)34-13-32-12-26/h10,15-16,18,22,26H,4-9,11-13,21H2,1H3,(H,23,27)(H,30,31)(H,24,28,29)/t15?,16-,18-/m1/s1. The molecule has 1 aliphatic heterocycles. The Kier molecular flexibility index (Phi) is 15.3. The van der Waals surface area contributed by atoms with Crippen LogP contribution in [0.15, 0.2) is 15.8 Å². The molecular weight excluding hydrogens is 581 g/mol. The summed E-state index contributed by atoms with van der Waals surface area (Å²) in [5, 5.41) is 14.2. The number of aliphatic hydroxyl groups excluding tert-OH is 1. The molecule has 0 bridgehead atoms. The first-order valence-corrected chi connectivity index (χ1v) is 15.5. The maximum absolute atomic E-state index is 12.4. The summed E-state index contributed by atoms with van der Waals surface area (Å²) in [5.41, 5.74) is -1.56. The summed E-state index contributed by atoms with van der Waals surface area (Å²) in [7, 11) is 0.609. The number of aliphatic hydroxyl groups is 1. The van der Waals surface area contributed by atoms with E-state index in [0.29, 0.717) is 12.2 Å². The molecule has 220 valence electrons. The molecule has 2 heterocycles. The smallest absolute Gasteiger partial charge is 0.371 e. The number of ether oxygens (including phenoxy) is 2. The second kappa shape index (κ2) is 17.9. The molecule has 1 aromatic rings. The zero-order valence-electron chi connectivity index (χ0n) is 21.0. The number of carbonyl (C=O) groups excluding carboxylic acids is 1. The number of hydrogen-bond acceptors (Lipinski definition) is 14. The number of aromatic nitrogens is 2. The third kappa shape index (κ3) is 12.1. The van der Waals surface area contributed by atoms with Crippen LogP contribution in [0.3, 0.4) is 0 Å². The quantitative estimate of drug-likeness (QED) is 0.0297. The number of amides is 1. The summed E-state index contributed by atoms with van der Waals surface area (Å²) >= 11 is 0. The van der Waals surface area contributed by atoms with Crippen molar-refractivity contribution in [1.29, 1.82) is 0 Å². The minimum atomic E-state index is -4.54. The molecule has 1 fully saturated rings. The monoisotopic (exact) mass is 613 g/mol. The molecule has 1 saturated heterocycles. The van der Waals surface area contributed by atoms with Gasteiger partial charge in [0, 0.05) is 37.1 Å². The van der Waals surface area contributed by atoms with Crippen LogP contribution < -0.4 is 27.8 Å². The van der Waals surface area contributed by atoms with Gasteiger partial charge >= 0.3 is 13.5 Å². The highest BCUT2D eigenvalue weighted by molar-refractivity contribution is 8.76. The van der Waals surface area contributed by atoms with Crippen molar-refractivity contribution in [3.63, 3.8) is 0 Å². The first-order chi connectivity index (χ1) is 18.7. The van der Waals surface area contributed by atoms with Gasteiger partial charge in [0.1, 0.15) is 30.8 Å². The molecule has 1 aliphatic rings. The number of hydrogen-bond donors (Lipinski definition) is 6. The number of rotatable bonds is 17. The number of H-pyrrole nitrogens is 1. The molecule has 19 heteroatoms. The minimum Gasteiger partial charge on any atom is -0.371 e. The van der Waals surface area contributed by atoms with Crippen molar-refractivity contribution in [2.75, 3.05) is 51.8 Å². The van der Waals surface area contributed by atoms with E-state index in [1.54, 1.807) is 21.6 Å². The summed E-state index contributed by atoms with van der Waals surface area (Å²) in [6.45, 7) is -1.01. The van der Waals surface area contributed by atoms with Crippen molar-refractivity contribution in [2.45, 2.75) is 31.3 Å². The summed E-state index contributed by atoms with van der Waals surface area (Å²) < 4.78 is 32.4. The van der Waals surface area contributed by atoms with E-state index >= 15 is 0 Å². The molecule has 39 heavy (non-hydrogen) atoms. The van der Waals surface area contributed by atoms with Gasteiger partial charge in [-0.2, -0.15) is 0 Å². The van der Waals surface area contributed by atoms with Crippen molar-refractivity contribution in [1.82, 2.24) is 20.2 Å². The lowest BCUT2D eigenvalue weighted by atomic mass is 10.2. The maximum atomic E-state index is 12.4. The average molecular weight is 614 g/mol. The Morgan fingerprint density at radius 2 is 2.13 bits per heavy atom. The van der Waals surface area contributed by atoms with Crippen LogP contribution in [0.1, 0.15) is 24.6 Å². The summed E-state index contributed by atoms with van der Waals surface area (Å²) in [4.78, 5) is 53.2. The fourth-order valence-corrected chi connectivity index (χ4v) is 5.68. The van der Waals surface area contributed by atoms with Crippen LogP contribution in [0.5, 0.6) is 0 Å². The molecule has 16 nitrogen and oxygen atoms in total. The molecule has 0 aromatic carbocycles. The van der Waals surface area contributed by atoms with Crippen LogP contribution in [-0.4, -0.2) is 89.5 Å². The molecular formula is C20H32N5O11PS2. The van der Waals surface area contributed by atoms with E-state index in [1.165, 1.54) is 6.20 Å². The Bertz CT molecular complexity index is 1140. The van der Waals surface area contributed by atoms with E-state index in [1.807, 2.05) is 7.05 Å². The topological polar surface area (TPSA) is 226 Å². The van der Waals surface area contributed by atoms with Crippen molar-refractivity contribution < 1.29 is 42.7 Å². The van der Waals surface area contributed by atoms with Gasteiger partial charge in [0.15, 0.2) is 6.79 Å². The fourth-order valence-electron chi connectivity index (χ4n) is 3.07. The van der Waals surface area contributed by atoms with Crippen LogP contribution in [0.2, 0.25) is 0 Å². The van der Waals surface area contributed by atoms with Crippen LogP contribution in [0.25, 0.3) is 0 Å². The number of nitrogens with one attached hydrogen (secondary N) is 3. The van der Waals surface area contributed by atoms with Crippen LogP contribution in [-0.2, 0) is 32.7 Å². The van der Waals surface area contributed by atoms with Crippen molar-refractivity contribution in [3.8, 4) is 11.8 Å². The lowest BCUT2D eigenvalue weighted by Gasteiger charge is -2.19. The largest absolute Gasteiger partial charge is 0.474 e. The van der Waals surface area contributed by atoms with Gasteiger partial charge in [0.2, 0.25) is 5.91 Å². The van der Waals surface area contributed by atoms with Crippen LogP contribution in [0, 0.1) is 11.8 Å². The Hall–Kier alpha value is -1.72. The molecule has 1 aromatic heterocycles. The van der Waals surface area contributed by atoms with Gasteiger partial charge in [-0.15, -0.1) is 0 Å². The van der Waals surface area contributed by atoms with Crippen molar-refractivity contribution in [3.05, 3.63) is 32.6 Å². The first-order valence-electron chi connectivity index (χ1n) is 11.5. The third-order valence-electron chi connectivity index (χ3n) is 4.95.